The average molecular weight is 549 g/mol. The molecule has 43 heavy (non-hydrogen) atoms. The Bertz CT molecular complexity index is 2330. The van der Waals surface area contributed by atoms with Gasteiger partial charge in [0.15, 0.2) is 0 Å². The van der Waals surface area contributed by atoms with Crippen molar-refractivity contribution in [3.05, 3.63) is 151 Å². The van der Waals surface area contributed by atoms with Crippen molar-refractivity contribution in [2.45, 2.75) is 12.8 Å². The first-order valence-corrected chi connectivity index (χ1v) is 15.1. The summed E-state index contributed by atoms with van der Waals surface area (Å²) in [6.45, 7) is 0. The molecule has 0 spiro atoms. The fourth-order valence-corrected chi connectivity index (χ4v) is 7.26. The standard InChI is InChI=1S/C42H28O/c1-2-13-27(14-3-1)28-25-26-36(30-16-5-4-15-29(28)30)40-32-18-6-8-20-34(32)41(35-21-9-7-19-33(35)40)38-23-12-22-37-31-17-10-11-24-39(31)43-42(37)38/h1-10,12-23,25-26H,11,24H2. The molecule has 1 aromatic heterocycles. The van der Waals surface area contributed by atoms with E-state index in [0.29, 0.717) is 0 Å². The molecule has 7 aromatic carbocycles. The zero-order chi connectivity index (χ0) is 28.3. The molecule has 1 nitrogen and oxygen atoms in total. The first kappa shape index (κ1) is 24.2. The van der Waals surface area contributed by atoms with Crippen molar-refractivity contribution < 1.29 is 4.42 Å². The number of hydrogen-bond donors (Lipinski definition) is 0. The summed E-state index contributed by atoms with van der Waals surface area (Å²) in [5.41, 5.74) is 9.64. The van der Waals surface area contributed by atoms with Gasteiger partial charge in [0.2, 0.25) is 0 Å². The lowest BCUT2D eigenvalue weighted by molar-refractivity contribution is 0.547. The molecule has 0 saturated heterocycles. The van der Waals surface area contributed by atoms with Gasteiger partial charge in [0.05, 0.1) is 0 Å². The third-order valence-corrected chi connectivity index (χ3v) is 9.13. The number of allylic oxidation sites excluding steroid dienone is 1. The molecule has 1 heteroatoms. The molecule has 0 N–H and O–H groups in total. The SMILES string of the molecule is C1=Cc2c(oc3c(-c4c5ccccc5c(-c5ccc(-c6ccccc6)c6ccccc56)c5ccccc45)cccc23)CC1. The molecule has 0 fully saturated rings. The van der Waals surface area contributed by atoms with Crippen molar-refractivity contribution in [3.8, 4) is 33.4 Å². The molecule has 1 aliphatic carbocycles. The van der Waals surface area contributed by atoms with Crippen LogP contribution >= 0.6 is 0 Å². The van der Waals surface area contributed by atoms with Crippen molar-refractivity contribution >= 4 is 49.4 Å². The second kappa shape index (κ2) is 9.58. The second-order valence-corrected chi connectivity index (χ2v) is 11.5. The molecule has 0 aliphatic heterocycles. The van der Waals surface area contributed by atoms with E-state index in [4.69, 9.17) is 4.42 Å². The fraction of sp³-hybridized carbons (Fsp3) is 0.0476. The quantitative estimate of drug-likeness (QED) is 0.200. The molecule has 0 radical (unpaired) electrons. The number of furan rings is 1. The minimum atomic E-state index is 0.951. The third-order valence-electron chi connectivity index (χ3n) is 9.13. The van der Waals surface area contributed by atoms with Gasteiger partial charge < -0.3 is 4.42 Å². The number of rotatable bonds is 3. The summed E-state index contributed by atoms with van der Waals surface area (Å²) in [7, 11) is 0. The highest BCUT2D eigenvalue weighted by atomic mass is 16.3. The molecule has 0 bridgehead atoms. The molecule has 202 valence electrons. The van der Waals surface area contributed by atoms with Gasteiger partial charge in [0.1, 0.15) is 11.3 Å². The fourth-order valence-electron chi connectivity index (χ4n) is 7.26. The molecule has 9 rings (SSSR count). The van der Waals surface area contributed by atoms with Crippen molar-refractivity contribution in [1.29, 1.82) is 0 Å². The molecule has 1 heterocycles. The molecule has 0 unspecified atom stereocenters. The largest absolute Gasteiger partial charge is 0.460 e. The Hall–Kier alpha value is -5.40. The monoisotopic (exact) mass is 548 g/mol. The average Bonchev–Trinajstić information content (AvgIpc) is 3.46. The van der Waals surface area contributed by atoms with E-state index in [2.05, 4.69) is 146 Å². The second-order valence-electron chi connectivity index (χ2n) is 11.5. The van der Waals surface area contributed by atoms with E-state index in [1.54, 1.807) is 0 Å². The van der Waals surface area contributed by atoms with Crippen molar-refractivity contribution in [2.75, 3.05) is 0 Å². The van der Waals surface area contributed by atoms with Gasteiger partial charge in [-0.15, -0.1) is 0 Å². The van der Waals surface area contributed by atoms with Gasteiger partial charge in [-0.3, -0.25) is 0 Å². The molecule has 0 atom stereocenters. The maximum Gasteiger partial charge on any atom is 0.142 e. The molecule has 1 aliphatic rings. The van der Waals surface area contributed by atoms with Crippen molar-refractivity contribution in [1.82, 2.24) is 0 Å². The van der Waals surface area contributed by atoms with Crippen LogP contribution in [0.15, 0.2) is 144 Å². The van der Waals surface area contributed by atoms with E-state index in [0.717, 1.165) is 29.7 Å². The summed E-state index contributed by atoms with van der Waals surface area (Å²) >= 11 is 0. The van der Waals surface area contributed by atoms with Crippen molar-refractivity contribution in [3.63, 3.8) is 0 Å². The molecule has 0 amide bonds. The van der Waals surface area contributed by atoms with Gasteiger partial charge in [0, 0.05) is 28.5 Å². The molecular formula is C42H28O. The maximum absolute atomic E-state index is 6.65. The number of fused-ring (bicyclic) bond motifs is 6. The minimum absolute atomic E-state index is 0.951. The lowest BCUT2D eigenvalue weighted by atomic mass is 9.83. The molecular weight excluding hydrogens is 520 g/mol. The smallest absolute Gasteiger partial charge is 0.142 e. The number of para-hydroxylation sites is 1. The van der Waals surface area contributed by atoms with Crippen molar-refractivity contribution in [2.24, 2.45) is 0 Å². The van der Waals surface area contributed by atoms with Crippen LogP contribution in [-0.4, -0.2) is 0 Å². The predicted molar refractivity (Wildman–Crippen MR) is 182 cm³/mol. The van der Waals surface area contributed by atoms with Gasteiger partial charge in [-0.25, -0.2) is 0 Å². The van der Waals surface area contributed by atoms with Crippen LogP contribution in [0.4, 0.5) is 0 Å². The van der Waals surface area contributed by atoms with Gasteiger partial charge in [0.25, 0.3) is 0 Å². The molecule has 0 saturated carbocycles. The van der Waals surface area contributed by atoms with E-state index in [-0.39, 0.29) is 0 Å². The summed E-state index contributed by atoms with van der Waals surface area (Å²) in [6.07, 6.45) is 6.47. The Morgan fingerprint density at radius 1 is 0.419 bits per heavy atom. The summed E-state index contributed by atoms with van der Waals surface area (Å²) < 4.78 is 6.65. The van der Waals surface area contributed by atoms with E-state index in [1.807, 2.05) is 0 Å². The summed E-state index contributed by atoms with van der Waals surface area (Å²) in [5, 5.41) is 8.71. The number of aryl methyl sites for hydroxylation is 1. The number of benzene rings is 7. The Kier molecular flexibility index (Phi) is 5.39. The normalized spacial score (nSPS) is 12.8. The van der Waals surface area contributed by atoms with E-state index in [9.17, 15) is 0 Å². The highest BCUT2D eigenvalue weighted by molar-refractivity contribution is 6.25. The first-order valence-electron chi connectivity index (χ1n) is 15.1. The predicted octanol–water partition coefficient (Wildman–Crippen LogP) is 11.9. The molecule has 8 aromatic rings. The highest BCUT2D eigenvalue weighted by Crippen LogP contribution is 2.48. The van der Waals surface area contributed by atoms with E-state index >= 15 is 0 Å². The van der Waals surface area contributed by atoms with Crippen LogP contribution in [-0.2, 0) is 6.42 Å². The van der Waals surface area contributed by atoms with Crippen LogP contribution in [0.25, 0.3) is 82.7 Å². The van der Waals surface area contributed by atoms with Gasteiger partial charge >= 0.3 is 0 Å². The lowest BCUT2D eigenvalue weighted by Gasteiger charge is -2.19. The minimum Gasteiger partial charge on any atom is -0.460 e. The lowest BCUT2D eigenvalue weighted by Crippen LogP contribution is -1.92. The number of hydrogen-bond acceptors (Lipinski definition) is 1. The van der Waals surface area contributed by atoms with Crippen LogP contribution in [0, 0.1) is 0 Å². The summed E-state index contributed by atoms with van der Waals surface area (Å²) in [4.78, 5) is 0. The van der Waals surface area contributed by atoms with Crippen LogP contribution in [0.2, 0.25) is 0 Å². The van der Waals surface area contributed by atoms with E-state index in [1.165, 1.54) is 71.1 Å². The Morgan fingerprint density at radius 2 is 0.953 bits per heavy atom. The zero-order valence-electron chi connectivity index (χ0n) is 23.7. The Labute approximate surface area is 250 Å². The first-order chi connectivity index (χ1) is 21.4. The maximum atomic E-state index is 6.65. The summed E-state index contributed by atoms with van der Waals surface area (Å²) in [5.74, 6) is 1.10. The van der Waals surface area contributed by atoms with Crippen LogP contribution in [0.3, 0.4) is 0 Å². The van der Waals surface area contributed by atoms with Gasteiger partial charge in [-0.1, -0.05) is 146 Å². The van der Waals surface area contributed by atoms with Gasteiger partial charge in [-0.2, -0.15) is 0 Å². The van der Waals surface area contributed by atoms with E-state index < -0.39 is 0 Å². The Balaban J connectivity index is 1.39. The van der Waals surface area contributed by atoms with Crippen LogP contribution in [0.5, 0.6) is 0 Å². The summed E-state index contributed by atoms with van der Waals surface area (Å²) in [6, 6.07) is 48.6. The topological polar surface area (TPSA) is 13.1 Å². The van der Waals surface area contributed by atoms with Gasteiger partial charge in [-0.05, 0) is 61.0 Å². The third kappa shape index (κ3) is 3.65. The van der Waals surface area contributed by atoms with Crippen LogP contribution < -0.4 is 0 Å². The Morgan fingerprint density at radius 3 is 1.63 bits per heavy atom. The highest BCUT2D eigenvalue weighted by Gasteiger charge is 2.22. The zero-order valence-corrected chi connectivity index (χ0v) is 23.7. The van der Waals surface area contributed by atoms with Crippen LogP contribution in [0.1, 0.15) is 17.7 Å².